The first-order chi connectivity index (χ1) is 8.06. The van der Waals surface area contributed by atoms with Crippen LogP contribution in [0.25, 0.3) is 0 Å². The van der Waals surface area contributed by atoms with Gasteiger partial charge in [0.05, 0.1) is 4.88 Å². The molecule has 0 unspecified atom stereocenters. The van der Waals surface area contributed by atoms with Gasteiger partial charge >= 0.3 is 0 Å². The SMILES string of the molecule is Cc1cc(C(=O)Nc2ccc(Cl)cc2)sc1C. The molecule has 88 valence electrons. The third-order valence-corrected chi connectivity index (χ3v) is 3.90. The van der Waals surface area contributed by atoms with Crippen LogP contribution in [0.4, 0.5) is 5.69 Å². The van der Waals surface area contributed by atoms with Crippen molar-refractivity contribution in [2.75, 3.05) is 5.32 Å². The molecule has 2 aromatic rings. The number of carbonyl (C=O) groups is 1. The van der Waals surface area contributed by atoms with Crippen molar-refractivity contribution in [3.63, 3.8) is 0 Å². The van der Waals surface area contributed by atoms with Crippen LogP contribution < -0.4 is 5.32 Å². The number of hydrogen-bond donors (Lipinski definition) is 1. The number of thiophene rings is 1. The molecule has 1 amide bonds. The van der Waals surface area contributed by atoms with Crippen LogP contribution in [0.2, 0.25) is 5.02 Å². The van der Waals surface area contributed by atoms with Crippen molar-refractivity contribution >= 4 is 34.5 Å². The zero-order valence-corrected chi connectivity index (χ0v) is 11.2. The number of nitrogens with one attached hydrogen (secondary N) is 1. The highest BCUT2D eigenvalue weighted by Crippen LogP contribution is 2.22. The van der Waals surface area contributed by atoms with Crippen LogP contribution in [-0.2, 0) is 0 Å². The number of carbonyl (C=O) groups excluding carboxylic acids is 1. The van der Waals surface area contributed by atoms with Gasteiger partial charge in [-0.25, -0.2) is 0 Å². The molecule has 17 heavy (non-hydrogen) atoms. The second kappa shape index (κ2) is 4.90. The van der Waals surface area contributed by atoms with Crippen LogP contribution in [0, 0.1) is 13.8 Å². The van der Waals surface area contributed by atoms with Crippen LogP contribution in [0.3, 0.4) is 0 Å². The van der Waals surface area contributed by atoms with E-state index in [1.54, 1.807) is 24.3 Å². The standard InChI is InChI=1S/C13H12ClNOS/c1-8-7-12(17-9(8)2)13(16)15-11-5-3-10(14)4-6-11/h3-7H,1-2H3,(H,15,16). The molecule has 2 nitrogen and oxygen atoms in total. The van der Waals surface area contributed by atoms with Crippen LogP contribution in [0.1, 0.15) is 20.1 Å². The minimum atomic E-state index is -0.0754. The van der Waals surface area contributed by atoms with E-state index < -0.39 is 0 Å². The van der Waals surface area contributed by atoms with Crippen molar-refractivity contribution in [1.29, 1.82) is 0 Å². The van der Waals surface area contributed by atoms with E-state index >= 15 is 0 Å². The fourth-order valence-corrected chi connectivity index (χ4v) is 2.47. The van der Waals surface area contributed by atoms with Gasteiger partial charge in [-0.05, 0) is 49.7 Å². The summed E-state index contributed by atoms with van der Waals surface area (Å²) in [5.41, 5.74) is 1.90. The average molecular weight is 266 g/mol. The Kier molecular flexibility index (Phi) is 3.50. The van der Waals surface area contributed by atoms with E-state index in [-0.39, 0.29) is 5.91 Å². The van der Waals surface area contributed by atoms with Crippen molar-refractivity contribution in [2.45, 2.75) is 13.8 Å². The minimum Gasteiger partial charge on any atom is -0.321 e. The molecule has 4 heteroatoms. The normalized spacial score (nSPS) is 10.3. The van der Waals surface area contributed by atoms with Gasteiger partial charge in [0, 0.05) is 15.6 Å². The van der Waals surface area contributed by atoms with Crippen molar-refractivity contribution in [2.24, 2.45) is 0 Å². The lowest BCUT2D eigenvalue weighted by atomic mass is 10.2. The summed E-state index contributed by atoms with van der Waals surface area (Å²) in [5.74, 6) is -0.0754. The van der Waals surface area contributed by atoms with E-state index in [4.69, 9.17) is 11.6 Å². The Labute approximate surface area is 109 Å². The Morgan fingerprint density at radius 2 is 1.88 bits per heavy atom. The zero-order chi connectivity index (χ0) is 12.4. The first kappa shape index (κ1) is 12.1. The summed E-state index contributed by atoms with van der Waals surface area (Å²) in [6.45, 7) is 4.02. The number of amides is 1. The van der Waals surface area contributed by atoms with E-state index in [1.165, 1.54) is 16.2 Å². The van der Waals surface area contributed by atoms with Gasteiger partial charge in [0.1, 0.15) is 0 Å². The van der Waals surface area contributed by atoms with Crippen LogP contribution >= 0.6 is 22.9 Å². The lowest BCUT2D eigenvalue weighted by Crippen LogP contribution is -2.09. The molecule has 0 spiro atoms. The minimum absolute atomic E-state index is 0.0754. The molecule has 1 heterocycles. The van der Waals surface area contributed by atoms with Crippen molar-refractivity contribution in [3.05, 3.63) is 50.7 Å². The molecular weight excluding hydrogens is 254 g/mol. The number of hydrogen-bond acceptors (Lipinski definition) is 2. The predicted octanol–water partition coefficient (Wildman–Crippen LogP) is 4.27. The maximum atomic E-state index is 11.9. The predicted molar refractivity (Wildman–Crippen MR) is 73.2 cm³/mol. The van der Waals surface area contributed by atoms with Crippen molar-refractivity contribution in [1.82, 2.24) is 0 Å². The molecule has 0 saturated heterocycles. The number of benzene rings is 1. The highest BCUT2D eigenvalue weighted by atomic mass is 35.5. The second-order valence-electron chi connectivity index (χ2n) is 3.81. The fourth-order valence-electron chi connectivity index (χ4n) is 1.41. The lowest BCUT2D eigenvalue weighted by Gasteiger charge is -2.02. The first-order valence-electron chi connectivity index (χ1n) is 5.20. The van der Waals surface area contributed by atoms with Gasteiger partial charge in [-0.2, -0.15) is 0 Å². The smallest absolute Gasteiger partial charge is 0.265 e. The lowest BCUT2D eigenvalue weighted by molar-refractivity contribution is 0.103. The maximum Gasteiger partial charge on any atom is 0.265 e. The van der Waals surface area contributed by atoms with Gasteiger partial charge in [0.15, 0.2) is 0 Å². The van der Waals surface area contributed by atoms with E-state index in [2.05, 4.69) is 5.32 Å². The molecule has 1 aromatic carbocycles. The fraction of sp³-hybridized carbons (Fsp3) is 0.154. The third-order valence-electron chi connectivity index (χ3n) is 2.49. The molecule has 0 aliphatic heterocycles. The highest BCUT2D eigenvalue weighted by molar-refractivity contribution is 7.14. The maximum absolute atomic E-state index is 11.9. The van der Waals surface area contributed by atoms with Gasteiger partial charge in [0.25, 0.3) is 5.91 Å². The summed E-state index contributed by atoms with van der Waals surface area (Å²) >= 11 is 7.29. The Hall–Kier alpha value is -1.32. The van der Waals surface area contributed by atoms with Gasteiger partial charge in [-0.15, -0.1) is 11.3 Å². The zero-order valence-electron chi connectivity index (χ0n) is 9.58. The van der Waals surface area contributed by atoms with E-state index in [0.29, 0.717) is 5.02 Å². The van der Waals surface area contributed by atoms with Gasteiger partial charge in [-0.1, -0.05) is 11.6 Å². The quantitative estimate of drug-likeness (QED) is 0.863. The summed E-state index contributed by atoms with van der Waals surface area (Å²) in [4.78, 5) is 13.8. The number of halogens is 1. The van der Waals surface area contributed by atoms with E-state index in [1.807, 2.05) is 19.9 Å². The van der Waals surface area contributed by atoms with Crippen LogP contribution in [-0.4, -0.2) is 5.91 Å². The molecule has 0 fully saturated rings. The molecule has 0 aliphatic rings. The van der Waals surface area contributed by atoms with E-state index in [9.17, 15) is 4.79 Å². The highest BCUT2D eigenvalue weighted by Gasteiger charge is 2.10. The van der Waals surface area contributed by atoms with Crippen LogP contribution in [0.5, 0.6) is 0 Å². The molecule has 0 bridgehead atoms. The van der Waals surface area contributed by atoms with Gasteiger partial charge in [-0.3, -0.25) is 4.79 Å². The Morgan fingerprint density at radius 1 is 1.24 bits per heavy atom. The molecule has 1 aromatic heterocycles. The van der Waals surface area contributed by atoms with Crippen molar-refractivity contribution in [3.8, 4) is 0 Å². The molecule has 0 aliphatic carbocycles. The average Bonchev–Trinajstić information content (AvgIpc) is 2.63. The number of anilines is 1. The Balaban J connectivity index is 2.14. The molecule has 0 saturated carbocycles. The molecule has 0 radical (unpaired) electrons. The number of aryl methyl sites for hydroxylation is 2. The third kappa shape index (κ3) is 2.87. The number of rotatable bonds is 2. The molecule has 0 atom stereocenters. The largest absolute Gasteiger partial charge is 0.321 e. The summed E-state index contributed by atoms with van der Waals surface area (Å²) in [6, 6.07) is 8.98. The topological polar surface area (TPSA) is 29.1 Å². The second-order valence-corrected chi connectivity index (χ2v) is 5.50. The van der Waals surface area contributed by atoms with Crippen molar-refractivity contribution < 1.29 is 4.79 Å². The summed E-state index contributed by atoms with van der Waals surface area (Å²) < 4.78 is 0. The molecule has 2 rings (SSSR count). The summed E-state index contributed by atoms with van der Waals surface area (Å²) in [5, 5.41) is 3.50. The molecular formula is C13H12ClNOS. The Morgan fingerprint density at radius 3 is 2.41 bits per heavy atom. The summed E-state index contributed by atoms with van der Waals surface area (Å²) in [6.07, 6.45) is 0. The Bertz CT molecular complexity index is 526. The van der Waals surface area contributed by atoms with E-state index in [0.717, 1.165) is 16.1 Å². The molecule has 1 N–H and O–H groups in total. The monoisotopic (exact) mass is 265 g/mol. The first-order valence-corrected chi connectivity index (χ1v) is 6.39. The van der Waals surface area contributed by atoms with Crippen LogP contribution in [0.15, 0.2) is 30.3 Å². The van der Waals surface area contributed by atoms with Gasteiger partial charge in [0.2, 0.25) is 0 Å². The van der Waals surface area contributed by atoms with Gasteiger partial charge < -0.3 is 5.32 Å². The summed E-state index contributed by atoms with van der Waals surface area (Å²) in [7, 11) is 0.